The fourth-order valence-electron chi connectivity index (χ4n) is 3.52. The van der Waals surface area contributed by atoms with Gasteiger partial charge in [-0.15, -0.1) is 0 Å². The molecule has 0 saturated heterocycles. The molecule has 0 bridgehead atoms. The van der Waals surface area contributed by atoms with Crippen LogP contribution in [0.25, 0.3) is 11.3 Å². The molecule has 4 rings (SSSR count). The molecule has 0 radical (unpaired) electrons. The van der Waals surface area contributed by atoms with Crippen LogP contribution in [0.2, 0.25) is 0 Å². The Kier molecular flexibility index (Phi) is 6.42. The lowest BCUT2D eigenvalue weighted by molar-refractivity contribution is 0.463. The highest BCUT2D eigenvalue weighted by Crippen LogP contribution is 2.16. The van der Waals surface area contributed by atoms with Gasteiger partial charge in [0.05, 0.1) is 25.0 Å². The van der Waals surface area contributed by atoms with Gasteiger partial charge < -0.3 is 15.2 Å². The molecule has 158 valence electrons. The number of aliphatic imine (C=N–C) groups is 1. The molecule has 7 nitrogen and oxygen atoms in total. The van der Waals surface area contributed by atoms with Gasteiger partial charge in [0.25, 0.3) is 0 Å². The van der Waals surface area contributed by atoms with Gasteiger partial charge in [0.1, 0.15) is 5.82 Å². The highest BCUT2D eigenvalue weighted by Gasteiger charge is 2.11. The van der Waals surface area contributed by atoms with Crippen molar-refractivity contribution >= 4 is 5.96 Å². The normalized spacial score (nSPS) is 11.5. The van der Waals surface area contributed by atoms with Crippen molar-refractivity contribution in [2.24, 2.45) is 4.99 Å². The maximum absolute atomic E-state index is 4.53. The van der Waals surface area contributed by atoms with Gasteiger partial charge in [0, 0.05) is 33.0 Å². The number of aromatic amines is 1. The molecular formula is C24H27N7. The summed E-state index contributed by atoms with van der Waals surface area (Å²) in [6.07, 6.45) is 5.65. The van der Waals surface area contributed by atoms with E-state index in [2.05, 4.69) is 66.7 Å². The van der Waals surface area contributed by atoms with E-state index in [1.807, 2.05) is 48.4 Å². The minimum absolute atomic E-state index is 0.626. The summed E-state index contributed by atoms with van der Waals surface area (Å²) in [4.78, 5) is 14.4. The molecule has 2 aromatic heterocycles. The van der Waals surface area contributed by atoms with Gasteiger partial charge in [-0.2, -0.15) is 5.10 Å². The predicted molar refractivity (Wildman–Crippen MR) is 123 cm³/mol. The molecule has 0 amide bonds. The van der Waals surface area contributed by atoms with Crippen LogP contribution in [-0.2, 0) is 19.6 Å². The summed E-state index contributed by atoms with van der Waals surface area (Å²) in [5, 5.41) is 7.79. The number of hydrogen-bond acceptors (Lipinski definition) is 3. The van der Waals surface area contributed by atoms with Crippen LogP contribution in [0, 0.1) is 0 Å². The third-order valence-electron chi connectivity index (χ3n) is 5.12. The molecule has 7 heteroatoms. The predicted octanol–water partition coefficient (Wildman–Crippen LogP) is 3.53. The lowest BCUT2D eigenvalue weighted by Gasteiger charge is -2.21. The smallest absolute Gasteiger partial charge is 0.194 e. The van der Waals surface area contributed by atoms with Crippen LogP contribution in [0.1, 0.15) is 17.0 Å². The molecule has 0 atom stereocenters. The summed E-state index contributed by atoms with van der Waals surface area (Å²) in [5.41, 5.74) is 4.59. The molecule has 2 N–H and O–H groups in total. The van der Waals surface area contributed by atoms with Crippen LogP contribution in [0.15, 0.2) is 84.2 Å². The van der Waals surface area contributed by atoms with Crippen molar-refractivity contribution in [1.29, 1.82) is 0 Å². The molecule has 0 aliphatic carbocycles. The molecule has 0 saturated carbocycles. The summed E-state index contributed by atoms with van der Waals surface area (Å²) in [6.45, 7) is 2.05. The van der Waals surface area contributed by atoms with Crippen molar-refractivity contribution < 1.29 is 0 Å². The standard InChI is InChI=1S/C24H27N7/c1-25-24(27-15-20-11-6-7-12-21(20)17-31-14-8-13-28-31)30(2)18-23-26-16-22(29-23)19-9-4-3-5-10-19/h3-14,16H,15,17-18H2,1-2H3,(H,25,27)(H,26,29). The van der Waals surface area contributed by atoms with E-state index in [9.17, 15) is 0 Å². The van der Waals surface area contributed by atoms with Crippen molar-refractivity contribution in [3.8, 4) is 11.3 Å². The molecule has 0 unspecified atom stereocenters. The second kappa shape index (κ2) is 9.75. The van der Waals surface area contributed by atoms with Crippen molar-refractivity contribution in [3.63, 3.8) is 0 Å². The molecule has 0 fully saturated rings. The largest absolute Gasteiger partial charge is 0.352 e. The molecule has 0 aliphatic rings. The quantitative estimate of drug-likeness (QED) is 0.359. The van der Waals surface area contributed by atoms with Crippen LogP contribution in [0.5, 0.6) is 0 Å². The fraction of sp³-hybridized carbons (Fsp3) is 0.208. The SMILES string of the molecule is CN=C(NCc1ccccc1Cn1cccn1)N(C)Cc1ncc(-c2ccccc2)[nH]1. The Labute approximate surface area is 182 Å². The highest BCUT2D eigenvalue weighted by molar-refractivity contribution is 5.79. The van der Waals surface area contributed by atoms with Gasteiger partial charge >= 0.3 is 0 Å². The summed E-state index contributed by atoms with van der Waals surface area (Å²) >= 11 is 0. The van der Waals surface area contributed by atoms with Crippen LogP contribution >= 0.6 is 0 Å². The van der Waals surface area contributed by atoms with E-state index >= 15 is 0 Å². The summed E-state index contributed by atoms with van der Waals surface area (Å²) in [5.74, 6) is 1.70. The molecule has 2 heterocycles. The molecule has 2 aromatic carbocycles. The van der Waals surface area contributed by atoms with Gasteiger partial charge in [0.15, 0.2) is 5.96 Å². The third-order valence-corrected chi connectivity index (χ3v) is 5.12. The lowest BCUT2D eigenvalue weighted by Crippen LogP contribution is -2.38. The molecule has 0 spiro atoms. The van der Waals surface area contributed by atoms with Crippen molar-refractivity contribution in [2.75, 3.05) is 14.1 Å². The first kappa shape index (κ1) is 20.4. The molecular weight excluding hydrogens is 386 g/mol. The van der Waals surface area contributed by atoms with E-state index in [1.54, 1.807) is 13.2 Å². The number of imidazole rings is 1. The first-order valence-electron chi connectivity index (χ1n) is 10.3. The molecule has 31 heavy (non-hydrogen) atoms. The Bertz CT molecular complexity index is 1110. The second-order valence-corrected chi connectivity index (χ2v) is 7.34. The fourth-order valence-corrected chi connectivity index (χ4v) is 3.52. The minimum atomic E-state index is 0.626. The van der Waals surface area contributed by atoms with Crippen molar-refractivity contribution in [2.45, 2.75) is 19.6 Å². The highest BCUT2D eigenvalue weighted by atomic mass is 15.3. The lowest BCUT2D eigenvalue weighted by atomic mass is 10.1. The van der Waals surface area contributed by atoms with E-state index < -0.39 is 0 Å². The van der Waals surface area contributed by atoms with Gasteiger partial charge in [-0.1, -0.05) is 54.6 Å². The van der Waals surface area contributed by atoms with Crippen LogP contribution in [0.3, 0.4) is 0 Å². The number of hydrogen-bond donors (Lipinski definition) is 2. The van der Waals surface area contributed by atoms with E-state index in [-0.39, 0.29) is 0 Å². The Balaban J connectivity index is 1.38. The maximum atomic E-state index is 4.53. The first-order chi connectivity index (χ1) is 15.2. The Morgan fingerprint density at radius 3 is 2.58 bits per heavy atom. The number of guanidine groups is 1. The first-order valence-corrected chi connectivity index (χ1v) is 10.3. The average molecular weight is 414 g/mol. The van der Waals surface area contributed by atoms with E-state index in [1.165, 1.54) is 11.1 Å². The number of nitrogens with one attached hydrogen (secondary N) is 2. The zero-order valence-corrected chi connectivity index (χ0v) is 17.9. The summed E-state index contributed by atoms with van der Waals surface area (Å²) in [6, 6.07) is 20.5. The number of benzene rings is 2. The number of aromatic nitrogens is 4. The monoisotopic (exact) mass is 413 g/mol. The number of nitrogens with zero attached hydrogens (tertiary/aromatic N) is 5. The van der Waals surface area contributed by atoms with Gasteiger partial charge in [0.2, 0.25) is 0 Å². The van der Waals surface area contributed by atoms with Crippen LogP contribution in [-0.4, -0.2) is 44.7 Å². The summed E-state index contributed by atoms with van der Waals surface area (Å²) < 4.78 is 1.93. The van der Waals surface area contributed by atoms with Crippen LogP contribution < -0.4 is 5.32 Å². The third kappa shape index (κ3) is 5.19. The Hall–Kier alpha value is -3.87. The summed E-state index contributed by atoms with van der Waals surface area (Å²) in [7, 11) is 3.81. The number of rotatable bonds is 7. The average Bonchev–Trinajstić information content (AvgIpc) is 3.48. The maximum Gasteiger partial charge on any atom is 0.194 e. The topological polar surface area (TPSA) is 74.1 Å². The zero-order chi connectivity index (χ0) is 21.5. The minimum Gasteiger partial charge on any atom is -0.352 e. The van der Waals surface area contributed by atoms with Gasteiger partial charge in [-0.25, -0.2) is 4.98 Å². The van der Waals surface area contributed by atoms with Crippen molar-refractivity contribution in [3.05, 3.63) is 96.2 Å². The van der Waals surface area contributed by atoms with Gasteiger partial charge in [-0.3, -0.25) is 9.67 Å². The molecule has 0 aliphatic heterocycles. The van der Waals surface area contributed by atoms with Gasteiger partial charge in [-0.05, 0) is 22.8 Å². The van der Waals surface area contributed by atoms with E-state index in [0.717, 1.165) is 29.6 Å². The van der Waals surface area contributed by atoms with Crippen LogP contribution in [0.4, 0.5) is 0 Å². The van der Waals surface area contributed by atoms with E-state index in [0.29, 0.717) is 13.1 Å². The second-order valence-electron chi connectivity index (χ2n) is 7.34. The van der Waals surface area contributed by atoms with E-state index in [4.69, 9.17) is 0 Å². The Morgan fingerprint density at radius 2 is 1.84 bits per heavy atom. The zero-order valence-electron chi connectivity index (χ0n) is 17.9. The molecule has 4 aromatic rings. The van der Waals surface area contributed by atoms with Crippen molar-refractivity contribution in [1.82, 2.24) is 30.0 Å². The Morgan fingerprint density at radius 1 is 1.06 bits per heavy atom. The number of H-pyrrole nitrogens is 1.